The van der Waals surface area contributed by atoms with E-state index in [1.807, 2.05) is 0 Å². The highest BCUT2D eigenvalue weighted by Gasteiger charge is 2.61. The molecule has 0 aliphatic heterocycles. The molecule has 2 N–H and O–H groups in total. The molecule has 1 aromatic rings. The van der Waals surface area contributed by atoms with E-state index in [9.17, 15) is 22.0 Å². The summed E-state index contributed by atoms with van der Waals surface area (Å²) in [5.74, 6) is -4.82. The van der Waals surface area contributed by atoms with Gasteiger partial charge >= 0.3 is 12.1 Å². The molecule has 0 fully saturated rings. The third-order valence-corrected chi connectivity index (χ3v) is 2.22. The van der Waals surface area contributed by atoms with Crippen molar-refractivity contribution in [1.82, 2.24) is 0 Å². The third kappa shape index (κ3) is 3.23. The molecule has 104 valence electrons. The van der Waals surface area contributed by atoms with Crippen molar-refractivity contribution in [3.63, 3.8) is 0 Å². The Kier molecular flexibility index (Phi) is 5.36. The topological polar surface area (TPSA) is 35.2 Å². The molecule has 0 heterocycles. The van der Waals surface area contributed by atoms with E-state index in [-0.39, 0.29) is 23.7 Å². The first-order chi connectivity index (χ1) is 7.70. The van der Waals surface area contributed by atoms with Crippen LogP contribution in [-0.2, 0) is 0 Å². The predicted molar refractivity (Wildman–Crippen MR) is 58.2 cm³/mol. The van der Waals surface area contributed by atoms with Crippen molar-refractivity contribution in [2.24, 2.45) is 5.73 Å². The van der Waals surface area contributed by atoms with Crippen molar-refractivity contribution in [3.8, 4) is 5.75 Å². The standard InChI is InChI=1S/C10H10F5NO.ClH/c1-17-7-4-2-3-6(5-7)8(16)9(11,12)10(13,14)15;/h2-5,8H,16H2,1H3;1H/t8-;/m0./s1. The van der Waals surface area contributed by atoms with Crippen LogP contribution in [0, 0.1) is 0 Å². The zero-order valence-electron chi connectivity index (χ0n) is 9.17. The molecule has 0 radical (unpaired) electrons. The summed E-state index contributed by atoms with van der Waals surface area (Å²) < 4.78 is 66.9. The van der Waals surface area contributed by atoms with Crippen LogP contribution in [0.4, 0.5) is 22.0 Å². The molecule has 0 spiro atoms. The zero-order valence-corrected chi connectivity index (χ0v) is 9.99. The number of halogens is 6. The van der Waals surface area contributed by atoms with E-state index in [1.165, 1.54) is 19.2 Å². The quantitative estimate of drug-likeness (QED) is 0.867. The average molecular weight is 292 g/mol. The Morgan fingerprint density at radius 1 is 1.17 bits per heavy atom. The van der Waals surface area contributed by atoms with Crippen LogP contribution in [0.25, 0.3) is 0 Å². The lowest BCUT2D eigenvalue weighted by Crippen LogP contribution is -2.45. The van der Waals surface area contributed by atoms with Gasteiger partial charge in [-0.1, -0.05) is 12.1 Å². The Morgan fingerprint density at radius 3 is 2.17 bits per heavy atom. The highest BCUT2D eigenvalue weighted by Crippen LogP contribution is 2.43. The third-order valence-electron chi connectivity index (χ3n) is 2.22. The minimum atomic E-state index is -5.69. The molecular formula is C10H11ClF5NO. The molecule has 1 aromatic carbocycles. The number of alkyl halides is 5. The maximum atomic E-state index is 13.0. The maximum Gasteiger partial charge on any atom is 0.455 e. The molecule has 0 saturated carbocycles. The summed E-state index contributed by atoms with van der Waals surface area (Å²) in [4.78, 5) is 0. The second-order valence-corrected chi connectivity index (χ2v) is 3.38. The van der Waals surface area contributed by atoms with Gasteiger partial charge in [-0.3, -0.25) is 0 Å². The summed E-state index contributed by atoms with van der Waals surface area (Å²) in [6, 6.07) is 2.39. The molecule has 18 heavy (non-hydrogen) atoms. The Morgan fingerprint density at radius 2 is 1.72 bits per heavy atom. The lowest BCUT2D eigenvalue weighted by atomic mass is 10.0. The smallest absolute Gasteiger partial charge is 0.455 e. The fraction of sp³-hybridized carbons (Fsp3) is 0.400. The lowest BCUT2D eigenvalue weighted by Gasteiger charge is -2.26. The van der Waals surface area contributed by atoms with E-state index in [2.05, 4.69) is 0 Å². The van der Waals surface area contributed by atoms with Crippen LogP contribution in [0.3, 0.4) is 0 Å². The molecule has 0 bridgehead atoms. The van der Waals surface area contributed by atoms with Crippen LogP contribution in [0.15, 0.2) is 24.3 Å². The summed E-state index contributed by atoms with van der Waals surface area (Å²) in [7, 11) is 1.27. The summed E-state index contributed by atoms with van der Waals surface area (Å²) in [6.45, 7) is 0. The number of benzene rings is 1. The molecule has 0 aliphatic rings. The number of hydrogen-bond donors (Lipinski definition) is 1. The van der Waals surface area contributed by atoms with E-state index in [0.717, 1.165) is 12.1 Å². The van der Waals surface area contributed by atoms with Gasteiger partial charge in [0.1, 0.15) is 11.8 Å². The van der Waals surface area contributed by atoms with Gasteiger partial charge in [0.25, 0.3) is 0 Å². The van der Waals surface area contributed by atoms with Crippen molar-refractivity contribution in [3.05, 3.63) is 29.8 Å². The first-order valence-electron chi connectivity index (χ1n) is 4.54. The predicted octanol–water partition coefficient (Wildman–Crippen LogP) is 3.31. The summed E-state index contributed by atoms with van der Waals surface area (Å²) in [5, 5.41) is 0. The van der Waals surface area contributed by atoms with Crippen LogP contribution in [0.1, 0.15) is 11.6 Å². The average Bonchev–Trinajstić information content (AvgIpc) is 2.26. The molecule has 2 nitrogen and oxygen atoms in total. The van der Waals surface area contributed by atoms with Gasteiger partial charge in [0.2, 0.25) is 0 Å². The summed E-state index contributed by atoms with van der Waals surface area (Å²) >= 11 is 0. The lowest BCUT2D eigenvalue weighted by molar-refractivity contribution is -0.291. The van der Waals surface area contributed by atoms with E-state index in [4.69, 9.17) is 10.5 Å². The Labute approximate surface area is 106 Å². The number of ether oxygens (including phenoxy) is 1. The highest BCUT2D eigenvalue weighted by atomic mass is 35.5. The van der Waals surface area contributed by atoms with Crippen molar-refractivity contribution in [2.75, 3.05) is 7.11 Å². The number of nitrogens with two attached hydrogens (primary N) is 1. The molecular weight excluding hydrogens is 281 g/mol. The van der Waals surface area contributed by atoms with Crippen LogP contribution in [-0.4, -0.2) is 19.2 Å². The van der Waals surface area contributed by atoms with Crippen LogP contribution >= 0.6 is 12.4 Å². The van der Waals surface area contributed by atoms with Gasteiger partial charge in [-0.15, -0.1) is 12.4 Å². The van der Waals surface area contributed by atoms with Crippen molar-refractivity contribution in [1.29, 1.82) is 0 Å². The first-order valence-corrected chi connectivity index (χ1v) is 4.54. The summed E-state index contributed by atoms with van der Waals surface area (Å²) in [5.41, 5.74) is 4.62. The van der Waals surface area contributed by atoms with E-state index >= 15 is 0 Å². The Bertz CT molecular complexity index is 396. The molecule has 0 saturated heterocycles. The number of rotatable bonds is 3. The minimum Gasteiger partial charge on any atom is -0.497 e. The monoisotopic (exact) mass is 291 g/mol. The van der Waals surface area contributed by atoms with Gasteiger partial charge < -0.3 is 10.5 Å². The van der Waals surface area contributed by atoms with E-state index in [1.54, 1.807) is 0 Å². The van der Waals surface area contributed by atoms with Crippen molar-refractivity contribution in [2.45, 2.75) is 18.1 Å². The first kappa shape index (κ1) is 16.9. The van der Waals surface area contributed by atoms with Gasteiger partial charge in [-0.05, 0) is 17.7 Å². The van der Waals surface area contributed by atoms with Gasteiger partial charge in [0.05, 0.1) is 7.11 Å². The molecule has 0 aromatic heterocycles. The summed E-state index contributed by atoms with van der Waals surface area (Å²) in [6.07, 6.45) is -5.69. The van der Waals surface area contributed by atoms with Crippen molar-refractivity contribution >= 4 is 12.4 Å². The molecule has 1 rings (SSSR count). The Balaban J connectivity index is 0.00000289. The number of methoxy groups -OCH3 is 1. The molecule has 0 unspecified atom stereocenters. The minimum absolute atomic E-state index is 0. The normalized spacial score (nSPS) is 13.7. The zero-order chi connectivity index (χ0) is 13.3. The Hall–Kier alpha value is -1.08. The second kappa shape index (κ2) is 5.71. The van der Waals surface area contributed by atoms with Gasteiger partial charge in [0, 0.05) is 0 Å². The van der Waals surface area contributed by atoms with Crippen molar-refractivity contribution < 1.29 is 26.7 Å². The van der Waals surface area contributed by atoms with E-state index < -0.39 is 18.1 Å². The molecule has 0 aliphatic carbocycles. The van der Waals surface area contributed by atoms with Crippen LogP contribution in [0.2, 0.25) is 0 Å². The van der Waals surface area contributed by atoms with E-state index in [0.29, 0.717) is 0 Å². The fourth-order valence-corrected chi connectivity index (χ4v) is 1.22. The highest BCUT2D eigenvalue weighted by molar-refractivity contribution is 5.85. The van der Waals surface area contributed by atoms with Crippen LogP contribution < -0.4 is 10.5 Å². The second-order valence-electron chi connectivity index (χ2n) is 3.38. The molecule has 0 amide bonds. The maximum absolute atomic E-state index is 13.0. The van der Waals surface area contributed by atoms with Gasteiger partial charge in [-0.25, -0.2) is 0 Å². The largest absolute Gasteiger partial charge is 0.497 e. The SMILES string of the molecule is COc1cccc([C@H](N)C(F)(F)C(F)(F)F)c1.Cl. The molecule has 1 atom stereocenters. The van der Waals surface area contributed by atoms with Crippen LogP contribution in [0.5, 0.6) is 5.75 Å². The number of hydrogen-bond acceptors (Lipinski definition) is 2. The fourth-order valence-electron chi connectivity index (χ4n) is 1.22. The van der Waals surface area contributed by atoms with Gasteiger partial charge in [-0.2, -0.15) is 22.0 Å². The van der Waals surface area contributed by atoms with Gasteiger partial charge in [0.15, 0.2) is 0 Å². The molecule has 8 heteroatoms.